The quantitative estimate of drug-likeness (QED) is 0.816. The summed E-state index contributed by atoms with van der Waals surface area (Å²) in [5.74, 6) is -0.263. The van der Waals surface area contributed by atoms with Gasteiger partial charge in [0, 0.05) is 18.2 Å². The molecule has 6 heteroatoms. The van der Waals surface area contributed by atoms with E-state index in [9.17, 15) is 13.2 Å². The molecule has 0 spiro atoms. The number of nitrogens with one attached hydrogen (secondary N) is 1. The summed E-state index contributed by atoms with van der Waals surface area (Å²) in [6.07, 6.45) is 3.38. The van der Waals surface area contributed by atoms with Gasteiger partial charge in [-0.25, -0.2) is 8.42 Å². The molecule has 2 aromatic carbocycles. The Kier molecular flexibility index (Phi) is 5.74. The van der Waals surface area contributed by atoms with Crippen molar-refractivity contribution in [2.45, 2.75) is 41.9 Å². The average molecular weight is 372 g/mol. The predicted molar refractivity (Wildman–Crippen MR) is 102 cm³/mol. The maximum atomic E-state index is 12.6. The van der Waals surface area contributed by atoms with Crippen LogP contribution >= 0.6 is 0 Å². The summed E-state index contributed by atoms with van der Waals surface area (Å²) in [6.45, 7) is 0.310. The van der Waals surface area contributed by atoms with Gasteiger partial charge in [-0.05, 0) is 42.7 Å². The molecule has 1 fully saturated rings. The molecular formula is C20H24N2O3S. The van der Waals surface area contributed by atoms with E-state index in [-0.39, 0.29) is 17.2 Å². The molecule has 1 saturated carbocycles. The van der Waals surface area contributed by atoms with E-state index in [1.165, 1.54) is 12.1 Å². The molecule has 1 unspecified atom stereocenters. The first kappa shape index (κ1) is 18.6. The third kappa shape index (κ3) is 4.14. The molecule has 2 aromatic rings. The zero-order chi connectivity index (χ0) is 18.6. The van der Waals surface area contributed by atoms with E-state index in [4.69, 9.17) is 5.73 Å². The van der Waals surface area contributed by atoms with E-state index in [0.29, 0.717) is 17.0 Å². The molecule has 0 heterocycles. The SMILES string of the molecule is NC(CNC(=O)c1ccc(S(=O)(=O)C2CCCC2)cc1)c1ccccc1. The molecule has 1 aliphatic carbocycles. The molecule has 1 aliphatic rings. The van der Waals surface area contributed by atoms with Gasteiger partial charge in [0.05, 0.1) is 10.1 Å². The van der Waals surface area contributed by atoms with E-state index in [2.05, 4.69) is 5.32 Å². The second-order valence-corrected chi connectivity index (χ2v) is 8.93. The Morgan fingerprint density at radius 1 is 1.04 bits per heavy atom. The molecule has 138 valence electrons. The Bertz CT molecular complexity index is 842. The highest BCUT2D eigenvalue weighted by atomic mass is 32.2. The van der Waals surface area contributed by atoms with E-state index < -0.39 is 9.84 Å². The Morgan fingerprint density at radius 3 is 2.27 bits per heavy atom. The Morgan fingerprint density at radius 2 is 1.65 bits per heavy atom. The van der Waals surface area contributed by atoms with Crippen LogP contribution in [-0.2, 0) is 9.84 Å². The van der Waals surface area contributed by atoms with Crippen molar-refractivity contribution in [1.29, 1.82) is 0 Å². The number of rotatable bonds is 6. The van der Waals surface area contributed by atoms with Crippen molar-refractivity contribution in [1.82, 2.24) is 5.32 Å². The Hall–Kier alpha value is -2.18. The lowest BCUT2D eigenvalue weighted by Crippen LogP contribution is -2.31. The molecule has 0 bridgehead atoms. The van der Waals surface area contributed by atoms with Crippen LogP contribution in [0.1, 0.15) is 47.6 Å². The van der Waals surface area contributed by atoms with Crippen molar-refractivity contribution >= 4 is 15.7 Å². The van der Waals surface area contributed by atoms with Gasteiger partial charge in [-0.2, -0.15) is 0 Å². The summed E-state index contributed by atoms with van der Waals surface area (Å²) in [5, 5.41) is 2.51. The number of carbonyl (C=O) groups is 1. The van der Waals surface area contributed by atoms with Gasteiger partial charge in [-0.15, -0.1) is 0 Å². The molecule has 3 N–H and O–H groups in total. The van der Waals surface area contributed by atoms with Crippen molar-refractivity contribution in [2.75, 3.05) is 6.54 Å². The Balaban J connectivity index is 1.62. The fraction of sp³-hybridized carbons (Fsp3) is 0.350. The van der Waals surface area contributed by atoms with Crippen LogP contribution in [0, 0.1) is 0 Å². The number of hydrogen-bond acceptors (Lipinski definition) is 4. The molecule has 5 nitrogen and oxygen atoms in total. The minimum Gasteiger partial charge on any atom is -0.350 e. The van der Waals surface area contributed by atoms with Gasteiger partial charge < -0.3 is 11.1 Å². The second kappa shape index (κ2) is 8.01. The number of carbonyl (C=O) groups excluding carboxylic acids is 1. The molecule has 0 aromatic heterocycles. The molecule has 1 amide bonds. The summed E-state index contributed by atoms with van der Waals surface area (Å²) in [7, 11) is -3.29. The zero-order valence-corrected chi connectivity index (χ0v) is 15.4. The van der Waals surface area contributed by atoms with Crippen LogP contribution in [0.3, 0.4) is 0 Å². The topological polar surface area (TPSA) is 89.3 Å². The van der Waals surface area contributed by atoms with Crippen LogP contribution in [-0.4, -0.2) is 26.1 Å². The minimum absolute atomic E-state index is 0.263. The molecule has 0 radical (unpaired) electrons. The summed E-state index contributed by atoms with van der Waals surface area (Å²) < 4.78 is 25.1. The van der Waals surface area contributed by atoms with Crippen molar-refractivity contribution in [3.05, 3.63) is 65.7 Å². The van der Waals surface area contributed by atoms with Crippen LogP contribution in [0.5, 0.6) is 0 Å². The first-order valence-electron chi connectivity index (χ1n) is 8.91. The minimum atomic E-state index is -3.29. The molecule has 26 heavy (non-hydrogen) atoms. The van der Waals surface area contributed by atoms with Crippen molar-refractivity contribution in [2.24, 2.45) is 5.73 Å². The summed E-state index contributed by atoms with van der Waals surface area (Å²) in [6, 6.07) is 15.4. The molecule has 0 saturated heterocycles. The first-order chi connectivity index (χ1) is 12.5. The van der Waals surface area contributed by atoms with E-state index in [1.807, 2.05) is 30.3 Å². The zero-order valence-electron chi connectivity index (χ0n) is 14.6. The lowest BCUT2D eigenvalue weighted by molar-refractivity contribution is 0.0951. The largest absolute Gasteiger partial charge is 0.350 e. The summed E-state index contributed by atoms with van der Waals surface area (Å²) in [5.41, 5.74) is 7.45. The smallest absolute Gasteiger partial charge is 0.251 e. The fourth-order valence-corrected chi connectivity index (χ4v) is 5.16. The molecule has 0 aliphatic heterocycles. The fourth-order valence-electron chi connectivity index (χ4n) is 3.31. The Labute approximate surface area is 154 Å². The van der Waals surface area contributed by atoms with Crippen molar-refractivity contribution < 1.29 is 13.2 Å². The number of sulfone groups is 1. The predicted octanol–water partition coefficient (Wildman–Crippen LogP) is 2.83. The van der Waals surface area contributed by atoms with Crippen LogP contribution < -0.4 is 11.1 Å². The lowest BCUT2D eigenvalue weighted by Gasteiger charge is -2.14. The van der Waals surface area contributed by atoms with Crippen molar-refractivity contribution in [3.8, 4) is 0 Å². The second-order valence-electron chi connectivity index (χ2n) is 6.70. The number of benzene rings is 2. The van der Waals surface area contributed by atoms with Gasteiger partial charge in [0.15, 0.2) is 9.84 Å². The van der Waals surface area contributed by atoms with Gasteiger partial charge in [-0.3, -0.25) is 4.79 Å². The van der Waals surface area contributed by atoms with Gasteiger partial charge in [0.25, 0.3) is 5.91 Å². The maximum Gasteiger partial charge on any atom is 0.251 e. The van der Waals surface area contributed by atoms with Gasteiger partial charge in [0.1, 0.15) is 0 Å². The maximum absolute atomic E-state index is 12.6. The van der Waals surface area contributed by atoms with E-state index in [0.717, 1.165) is 31.2 Å². The van der Waals surface area contributed by atoms with Gasteiger partial charge in [-0.1, -0.05) is 43.2 Å². The first-order valence-corrected chi connectivity index (χ1v) is 10.5. The number of nitrogens with two attached hydrogens (primary N) is 1. The van der Waals surface area contributed by atoms with Crippen LogP contribution in [0.4, 0.5) is 0 Å². The van der Waals surface area contributed by atoms with Crippen LogP contribution in [0.2, 0.25) is 0 Å². The van der Waals surface area contributed by atoms with Crippen LogP contribution in [0.25, 0.3) is 0 Å². The highest BCUT2D eigenvalue weighted by Crippen LogP contribution is 2.29. The van der Waals surface area contributed by atoms with Crippen LogP contribution in [0.15, 0.2) is 59.5 Å². The van der Waals surface area contributed by atoms with Gasteiger partial charge in [0.2, 0.25) is 0 Å². The summed E-state index contributed by atoms with van der Waals surface area (Å²) in [4.78, 5) is 12.6. The number of hydrogen-bond donors (Lipinski definition) is 2. The molecule has 3 rings (SSSR count). The molecular weight excluding hydrogens is 348 g/mol. The van der Waals surface area contributed by atoms with Gasteiger partial charge >= 0.3 is 0 Å². The molecule has 1 atom stereocenters. The lowest BCUT2D eigenvalue weighted by atomic mass is 10.1. The summed E-state index contributed by atoms with van der Waals surface area (Å²) >= 11 is 0. The third-order valence-electron chi connectivity index (χ3n) is 4.90. The van der Waals surface area contributed by atoms with Crippen molar-refractivity contribution in [3.63, 3.8) is 0 Å². The highest BCUT2D eigenvalue weighted by molar-refractivity contribution is 7.92. The average Bonchev–Trinajstić information content (AvgIpc) is 3.22. The highest BCUT2D eigenvalue weighted by Gasteiger charge is 2.30. The number of amides is 1. The standard InChI is InChI=1S/C20H24N2O3S/c21-19(15-6-2-1-3-7-15)14-22-20(23)16-10-12-18(13-11-16)26(24,25)17-8-4-5-9-17/h1-3,6-7,10-13,17,19H,4-5,8-9,14,21H2,(H,22,23). The third-order valence-corrected chi connectivity index (χ3v) is 7.17. The normalized spacial score (nSPS) is 16.3. The van der Waals surface area contributed by atoms with E-state index in [1.54, 1.807) is 12.1 Å². The monoisotopic (exact) mass is 372 g/mol. The van der Waals surface area contributed by atoms with E-state index >= 15 is 0 Å².